The molecule has 0 amide bonds. The van der Waals surface area contributed by atoms with E-state index in [1.807, 2.05) is 11.9 Å². The Labute approximate surface area is 111 Å². The van der Waals surface area contributed by atoms with Gasteiger partial charge in [0.15, 0.2) is 0 Å². The minimum absolute atomic E-state index is 0.284. The van der Waals surface area contributed by atoms with Gasteiger partial charge in [0, 0.05) is 19.2 Å². The molecule has 0 aliphatic carbocycles. The lowest BCUT2D eigenvalue weighted by atomic mass is 10.1. The van der Waals surface area contributed by atoms with E-state index in [2.05, 4.69) is 6.92 Å². The van der Waals surface area contributed by atoms with Crippen LogP contribution in [0.25, 0.3) is 0 Å². The van der Waals surface area contributed by atoms with Crippen molar-refractivity contribution in [3.63, 3.8) is 0 Å². The van der Waals surface area contributed by atoms with E-state index < -0.39 is 0 Å². The van der Waals surface area contributed by atoms with Crippen LogP contribution >= 0.6 is 0 Å². The second kappa shape index (κ2) is 11.2. The molecule has 1 atom stereocenters. The lowest BCUT2D eigenvalue weighted by molar-refractivity contribution is -0.138. The van der Waals surface area contributed by atoms with E-state index in [1.165, 1.54) is 18.9 Å². The van der Waals surface area contributed by atoms with E-state index in [-0.39, 0.29) is 12.1 Å². The zero-order valence-corrected chi connectivity index (χ0v) is 11.9. The van der Waals surface area contributed by atoms with Gasteiger partial charge in [0.05, 0.1) is 6.10 Å². The predicted molar refractivity (Wildman–Crippen MR) is 73.4 cm³/mol. The minimum Gasteiger partial charge on any atom is -0.461 e. The van der Waals surface area contributed by atoms with Crippen molar-refractivity contribution in [2.75, 3.05) is 26.7 Å². The number of nitrogens with zero attached hydrogens (tertiary/aromatic N) is 1. The van der Waals surface area contributed by atoms with Crippen LogP contribution < -0.4 is 0 Å². The normalized spacial score (nSPS) is 13.2. The molecule has 0 radical (unpaired) electrons. The fraction of sp³-hybridized carbons (Fsp3) is 0.786. The first-order valence-corrected chi connectivity index (χ1v) is 6.76. The first-order chi connectivity index (χ1) is 8.60. The average molecular weight is 257 g/mol. The topological polar surface area (TPSA) is 49.8 Å². The molecule has 0 rings (SSSR count). The summed E-state index contributed by atoms with van der Waals surface area (Å²) in [6.07, 6.45) is 7.03. The molecule has 0 spiro atoms. The maximum atomic E-state index is 11.0. The van der Waals surface area contributed by atoms with Crippen LogP contribution in [0.1, 0.15) is 39.5 Å². The number of likely N-dealkylation sites (N-methyl/N-ethyl adjacent to an activating group) is 1. The number of allylic oxidation sites excluding steroid dienone is 1. The van der Waals surface area contributed by atoms with Crippen molar-refractivity contribution in [3.8, 4) is 0 Å². The first-order valence-electron chi connectivity index (χ1n) is 6.76. The molecular formula is C14H27NO3. The maximum Gasteiger partial charge on any atom is 0.330 e. The van der Waals surface area contributed by atoms with Crippen molar-refractivity contribution in [1.29, 1.82) is 0 Å². The second-order valence-corrected chi connectivity index (χ2v) is 4.58. The highest BCUT2D eigenvalue weighted by atomic mass is 16.5. The third kappa shape index (κ3) is 10.3. The number of rotatable bonds is 10. The smallest absolute Gasteiger partial charge is 0.330 e. The molecule has 0 aromatic heterocycles. The van der Waals surface area contributed by atoms with Gasteiger partial charge in [0.1, 0.15) is 6.61 Å². The Bertz CT molecular complexity index is 241. The van der Waals surface area contributed by atoms with Crippen molar-refractivity contribution in [1.82, 2.24) is 4.90 Å². The number of carbonyl (C=O) groups excluding carboxylic acids is 1. The molecule has 0 heterocycles. The van der Waals surface area contributed by atoms with Crippen LogP contribution in [0.4, 0.5) is 0 Å². The van der Waals surface area contributed by atoms with Gasteiger partial charge in [-0.1, -0.05) is 32.3 Å². The Morgan fingerprint density at radius 1 is 1.44 bits per heavy atom. The summed E-state index contributed by atoms with van der Waals surface area (Å²) < 4.78 is 4.98. The summed E-state index contributed by atoms with van der Waals surface area (Å²) in [6, 6.07) is 0. The van der Waals surface area contributed by atoms with Crippen LogP contribution in [0.15, 0.2) is 12.2 Å². The fourth-order valence-corrected chi connectivity index (χ4v) is 1.66. The number of hydrogen-bond donors (Lipinski definition) is 1. The molecule has 106 valence electrons. The average Bonchev–Trinajstić information content (AvgIpc) is 2.29. The molecule has 0 bridgehead atoms. The molecule has 18 heavy (non-hydrogen) atoms. The highest BCUT2D eigenvalue weighted by Gasteiger charge is 2.08. The summed E-state index contributed by atoms with van der Waals surface area (Å²) in [6.45, 7) is 5.57. The molecular weight excluding hydrogens is 230 g/mol. The quantitative estimate of drug-likeness (QED) is 0.369. The molecule has 0 aromatic carbocycles. The van der Waals surface area contributed by atoms with Gasteiger partial charge in [-0.2, -0.15) is 0 Å². The highest BCUT2D eigenvalue weighted by Crippen LogP contribution is 2.04. The summed E-state index contributed by atoms with van der Waals surface area (Å²) in [5.74, 6) is -0.311. The Morgan fingerprint density at radius 3 is 2.78 bits per heavy atom. The van der Waals surface area contributed by atoms with Crippen LogP contribution in [0.5, 0.6) is 0 Å². The van der Waals surface area contributed by atoms with Crippen molar-refractivity contribution in [2.45, 2.75) is 45.6 Å². The largest absolute Gasteiger partial charge is 0.461 e. The molecule has 0 aliphatic heterocycles. The Kier molecular flexibility index (Phi) is 10.7. The predicted octanol–water partition coefficient (Wildman–Crippen LogP) is 1.98. The molecule has 0 aromatic rings. The van der Waals surface area contributed by atoms with Gasteiger partial charge < -0.3 is 14.7 Å². The molecule has 1 N–H and O–H groups in total. The third-order valence-electron chi connectivity index (χ3n) is 2.68. The van der Waals surface area contributed by atoms with E-state index in [1.54, 1.807) is 13.0 Å². The molecule has 0 fully saturated rings. The molecule has 0 saturated heterocycles. The third-order valence-corrected chi connectivity index (χ3v) is 2.68. The van der Waals surface area contributed by atoms with Crippen molar-refractivity contribution in [3.05, 3.63) is 12.2 Å². The van der Waals surface area contributed by atoms with E-state index in [4.69, 9.17) is 4.74 Å². The number of carbonyl (C=O) groups is 1. The van der Waals surface area contributed by atoms with Crippen molar-refractivity contribution >= 4 is 5.97 Å². The lowest BCUT2D eigenvalue weighted by Crippen LogP contribution is -2.32. The van der Waals surface area contributed by atoms with Gasteiger partial charge in [0.25, 0.3) is 0 Å². The second-order valence-electron chi connectivity index (χ2n) is 4.58. The molecule has 4 nitrogen and oxygen atoms in total. The lowest BCUT2D eigenvalue weighted by Gasteiger charge is -2.20. The van der Waals surface area contributed by atoms with Crippen LogP contribution in [-0.4, -0.2) is 48.8 Å². The van der Waals surface area contributed by atoms with E-state index in [0.29, 0.717) is 19.7 Å². The Hall–Kier alpha value is -0.870. The molecule has 1 unspecified atom stereocenters. The number of aliphatic hydroxyl groups excluding tert-OH is 1. The Balaban J connectivity index is 3.57. The van der Waals surface area contributed by atoms with Crippen LogP contribution in [0.2, 0.25) is 0 Å². The summed E-state index contributed by atoms with van der Waals surface area (Å²) in [4.78, 5) is 13.0. The standard InChI is InChI=1S/C14H27NO3/c1-4-6-7-9-13(16)12-15(3)10-11-18-14(17)8-5-2/h5,8,13,16H,4,6-7,9-12H2,1-3H3/b8-5+. The highest BCUT2D eigenvalue weighted by molar-refractivity contribution is 5.81. The maximum absolute atomic E-state index is 11.0. The van der Waals surface area contributed by atoms with E-state index in [9.17, 15) is 9.90 Å². The van der Waals surface area contributed by atoms with Gasteiger partial charge >= 0.3 is 5.97 Å². The van der Waals surface area contributed by atoms with Crippen LogP contribution in [0, 0.1) is 0 Å². The minimum atomic E-state index is -0.311. The zero-order chi connectivity index (χ0) is 13.8. The van der Waals surface area contributed by atoms with E-state index in [0.717, 1.165) is 12.8 Å². The zero-order valence-electron chi connectivity index (χ0n) is 11.9. The monoisotopic (exact) mass is 257 g/mol. The van der Waals surface area contributed by atoms with Crippen LogP contribution in [0.3, 0.4) is 0 Å². The van der Waals surface area contributed by atoms with E-state index >= 15 is 0 Å². The van der Waals surface area contributed by atoms with Gasteiger partial charge in [-0.25, -0.2) is 4.79 Å². The van der Waals surface area contributed by atoms with Crippen molar-refractivity contribution < 1.29 is 14.6 Å². The summed E-state index contributed by atoms with van der Waals surface area (Å²) in [7, 11) is 1.92. The SMILES string of the molecule is C/C=C/C(=O)OCCN(C)CC(O)CCCCC. The van der Waals surface area contributed by atoms with Crippen molar-refractivity contribution in [2.24, 2.45) is 0 Å². The van der Waals surface area contributed by atoms with Gasteiger partial charge in [0.2, 0.25) is 0 Å². The summed E-state index contributed by atoms with van der Waals surface area (Å²) in [5, 5.41) is 9.78. The summed E-state index contributed by atoms with van der Waals surface area (Å²) >= 11 is 0. The molecule has 0 saturated carbocycles. The number of hydrogen-bond acceptors (Lipinski definition) is 4. The Morgan fingerprint density at radius 2 is 2.17 bits per heavy atom. The fourth-order valence-electron chi connectivity index (χ4n) is 1.66. The molecule has 0 aliphatic rings. The van der Waals surface area contributed by atoms with Gasteiger partial charge in [-0.15, -0.1) is 0 Å². The van der Waals surface area contributed by atoms with Crippen LogP contribution in [-0.2, 0) is 9.53 Å². The number of ether oxygens (including phenoxy) is 1. The molecule has 4 heteroatoms. The number of aliphatic hydroxyl groups is 1. The number of esters is 1. The van der Waals surface area contributed by atoms with Gasteiger partial charge in [-0.3, -0.25) is 0 Å². The first kappa shape index (κ1) is 17.1. The number of unbranched alkanes of at least 4 members (excludes halogenated alkanes) is 2. The van der Waals surface area contributed by atoms with Gasteiger partial charge in [-0.05, 0) is 20.4 Å². The summed E-state index contributed by atoms with van der Waals surface area (Å²) in [5.41, 5.74) is 0.